The number of rotatable bonds is 4. The maximum absolute atomic E-state index is 13.5. The average molecular weight is 262 g/mol. The second-order valence-corrected chi connectivity index (χ2v) is 4.42. The summed E-state index contributed by atoms with van der Waals surface area (Å²) in [7, 11) is 0. The number of halogens is 1. The van der Waals surface area contributed by atoms with Crippen LogP contribution in [0.4, 0.5) is 4.39 Å². The fourth-order valence-corrected chi connectivity index (χ4v) is 1.82. The van der Waals surface area contributed by atoms with Crippen LogP contribution in [-0.2, 0) is 0 Å². The maximum Gasteiger partial charge on any atom is 0.253 e. The van der Waals surface area contributed by atoms with Gasteiger partial charge < -0.3 is 10.4 Å². The van der Waals surface area contributed by atoms with Gasteiger partial charge in [0, 0.05) is 18.1 Å². The minimum absolute atomic E-state index is 0.209. The fraction of sp³-hybridized carbons (Fsp3) is 0.286. The van der Waals surface area contributed by atoms with E-state index in [4.69, 9.17) is 5.11 Å². The normalized spacial score (nSPS) is 12.4. The lowest BCUT2D eigenvalue weighted by molar-refractivity contribution is 0.0946. The van der Waals surface area contributed by atoms with Crippen molar-refractivity contribution in [2.75, 3.05) is 6.54 Å². The molecule has 5 heteroatoms. The molecule has 0 aliphatic carbocycles. The second-order valence-electron chi connectivity index (χ2n) is 4.42. The van der Waals surface area contributed by atoms with Crippen molar-refractivity contribution >= 4 is 16.8 Å². The minimum atomic E-state index is -0.484. The summed E-state index contributed by atoms with van der Waals surface area (Å²) < 4.78 is 13.5. The molecule has 0 spiro atoms. The highest BCUT2D eigenvalue weighted by Crippen LogP contribution is 2.18. The largest absolute Gasteiger partial charge is 0.393 e. The highest BCUT2D eigenvalue weighted by molar-refractivity contribution is 6.05. The standard InChI is InChI=1S/C14H15FN2O2/c1-9(18)4-6-17-14(19)12-8-11(15)7-10-3-2-5-16-13(10)12/h2-3,5,7-9,18H,4,6H2,1H3,(H,17,19). The molecule has 0 saturated heterocycles. The summed E-state index contributed by atoms with van der Waals surface area (Å²) >= 11 is 0. The van der Waals surface area contributed by atoms with E-state index in [2.05, 4.69) is 10.3 Å². The Morgan fingerprint density at radius 2 is 2.32 bits per heavy atom. The molecule has 2 rings (SSSR count). The number of carbonyl (C=O) groups is 1. The van der Waals surface area contributed by atoms with Crippen molar-refractivity contribution in [1.82, 2.24) is 10.3 Å². The number of hydrogen-bond donors (Lipinski definition) is 2. The van der Waals surface area contributed by atoms with Crippen molar-refractivity contribution in [3.05, 3.63) is 41.8 Å². The number of nitrogens with one attached hydrogen (secondary N) is 1. The summed E-state index contributed by atoms with van der Waals surface area (Å²) in [6, 6.07) is 5.91. The number of pyridine rings is 1. The third kappa shape index (κ3) is 3.26. The molecule has 2 aromatic rings. The van der Waals surface area contributed by atoms with Gasteiger partial charge in [0.2, 0.25) is 0 Å². The number of aliphatic hydroxyl groups is 1. The second kappa shape index (κ2) is 5.75. The summed E-state index contributed by atoms with van der Waals surface area (Å²) in [6.45, 7) is 1.98. The van der Waals surface area contributed by atoms with Crippen LogP contribution in [0.5, 0.6) is 0 Å². The molecule has 1 heterocycles. The fourth-order valence-electron chi connectivity index (χ4n) is 1.82. The molecule has 0 radical (unpaired) electrons. The Hall–Kier alpha value is -2.01. The van der Waals surface area contributed by atoms with E-state index in [0.717, 1.165) is 0 Å². The van der Waals surface area contributed by atoms with E-state index in [0.29, 0.717) is 23.9 Å². The van der Waals surface area contributed by atoms with E-state index in [-0.39, 0.29) is 11.5 Å². The number of hydrogen-bond acceptors (Lipinski definition) is 3. The number of aliphatic hydroxyl groups excluding tert-OH is 1. The van der Waals surface area contributed by atoms with E-state index >= 15 is 0 Å². The molecule has 1 atom stereocenters. The van der Waals surface area contributed by atoms with E-state index in [1.165, 1.54) is 12.1 Å². The van der Waals surface area contributed by atoms with Crippen molar-refractivity contribution < 1.29 is 14.3 Å². The first kappa shape index (κ1) is 13.4. The van der Waals surface area contributed by atoms with Gasteiger partial charge in [0.25, 0.3) is 5.91 Å². The van der Waals surface area contributed by atoms with Crippen molar-refractivity contribution in [3.63, 3.8) is 0 Å². The zero-order chi connectivity index (χ0) is 13.8. The molecule has 0 saturated carbocycles. The van der Waals surface area contributed by atoms with Gasteiger partial charge in [-0.3, -0.25) is 9.78 Å². The van der Waals surface area contributed by atoms with Gasteiger partial charge >= 0.3 is 0 Å². The Balaban J connectivity index is 2.26. The average Bonchev–Trinajstić information content (AvgIpc) is 2.37. The van der Waals surface area contributed by atoms with Gasteiger partial charge in [0.15, 0.2) is 0 Å². The highest BCUT2D eigenvalue weighted by atomic mass is 19.1. The predicted molar refractivity (Wildman–Crippen MR) is 70.3 cm³/mol. The van der Waals surface area contributed by atoms with E-state index < -0.39 is 11.9 Å². The Labute approximate surface area is 110 Å². The Kier molecular flexibility index (Phi) is 4.06. The number of aromatic nitrogens is 1. The van der Waals surface area contributed by atoms with Crippen molar-refractivity contribution in [2.24, 2.45) is 0 Å². The molecular weight excluding hydrogens is 247 g/mol. The first-order valence-corrected chi connectivity index (χ1v) is 6.08. The molecule has 0 aliphatic heterocycles. The summed E-state index contributed by atoms with van der Waals surface area (Å²) in [5.74, 6) is -0.856. The highest BCUT2D eigenvalue weighted by Gasteiger charge is 2.12. The van der Waals surface area contributed by atoms with Crippen molar-refractivity contribution in [1.29, 1.82) is 0 Å². The number of carbonyl (C=O) groups excluding carboxylic acids is 1. The third-order valence-corrected chi connectivity index (χ3v) is 2.76. The molecule has 1 aromatic carbocycles. The van der Waals surface area contributed by atoms with Crippen LogP contribution >= 0.6 is 0 Å². The van der Waals surface area contributed by atoms with Crippen LogP contribution in [0.1, 0.15) is 23.7 Å². The summed E-state index contributed by atoms with van der Waals surface area (Å²) in [4.78, 5) is 16.1. The van der Waals surface area contributed by atoms with E-state index in [9.17, 15) is 9.18 Å². The molecule has 100 valence electrons. The van der Waals surface area contributed by atoms with Gasteiger partial charge in [-0.05, 0) is 31.5 Å². The zero-order valence-electron chi connectivity index (χ0n) is 10.6. The number of fused-ring (bicyclic) bond motifs is 1. The molecule has 0 fully saturated rings. The minimum Gasteiger partial charge on any atom is -0.393 e. The Bertz CT molecular complexity index is 599. The van der Waals surface area contributed by atoms with Crippen LogP contribution in [0.2, 0.25) is 0 Å². The summed E-state index contributed by atoms with van der Waals surface area (Å²) in [5.41, 5.74) is 0.680. The van der Waals surface area contributed by atoms with Gasteiger partial charge in [-0.1, -0.05) is 6.07 Å². The Morgan fingerprint density at radius 3 is 3.05 bits per heavy atom. The molecule has 1 amide bonds. The topological polar surface area (TPSA) is 62.2 Å². The molecule has 4 nitrogen and oxygen atoms in total. The first-order chi connectivity index (χ1) is 9.08. The van der Waals surface area contributed by atoms with Crippen LogP contribution < -0.4 is 5.32 Å². The van der Waals surface area contributed by atoms with Gasteiger partial charge in [0.05, 0.1) is 17.2 Å². The molecule has 19 heavy (non-hydrogen) atoms. The SMILES string of the molecule is CC(O)CCNC(=O)c1cc(F)cc2cccnc12. The monoisotopic (exact) mass is 262 g/mol. The quantitative estimate of drug-likeness (QED) is 0.884. The molecule has 0 bridgehead atoms. The molecule has 1 aromatic heterocycles. The lowest BCUT2D eigenvalue weighted by atomic mass is 10.1. The van der Waals surface area contributed by atoms with Crippen LogP contribution in [0.3, 0.4) is 0 Å². The molecular formula is C14H15FN2O2. The third-order valence-electron chi connectivity index (χ3n) is 2.76. The first-order valence-electron chi connectivity index (χ1n) is 6.08. The predicted octanol–water partition coefficient (Wildman–Crippen LogP) is 1.87. The molecule has 2 N–H and O–H groups in total. The molecule has 0 aliphatic rings. The lowest BCUT2D eigenvalue weighted by Crippen LogP contribution is -2.27. The van der Waals surface area contributed by atoms with Crippen molar-refractivity contribution in [3.8, 4) is 0 Å². The van der Waals surface area contributed by atoms with Crippen LogP contribution in [0.15, 0.2) is 30.5 Å². The maximum atomic E-state index is 13.5. The zero-order valence-corrected chi connectivity index (χ0v) is 10.6. The summed E-state index contributed by atoms with van der Waals surface area (Å²) in [5, 5.41) is 12.4. The van der Waals surface area contributed by atoms with Gasteiger partial charge in [-0.2, -0.15) is 0 Å². The van der Waals surface area contributed by atoms with Gasteiger partial charge in [-0.15, -0.1) is 0 Å². The van der Waals surface area contributed by atoms with Crippen LogP contribution in [-0.4, -0.2) is 28.6 Å². The van der Waals surface area contributed by atoms with E-state index in [1.807, 2.05) is 0 Å². The Morgan fingerprint density at radius 1 is 1.53 bits per heavy atom. The summed E-state index contributed by atoms with van der Waals surface area (Å²) in [6.07, 6.45) is 1.53. The molecule has 1 unspecified atom stereocenters. The van der Waals surface area contributed by atoms with Crippen LogP contribution in [0, 0.1) is 5.82 Å². The van der Waals surface area contributed by atoms with Gasteiger partial charge in [-0.25, -0.2) is 4.39 Å². The van der Waals surface area contributed by atoms with Crippen molar-refractivity contribution in [2.45, 2.75) is 19.4 Å². The number of nitrogens with zero attached hydrogens (tertiary/aromatic N) is 1. The van der Waals surface area contributed by atoms with Gasteiger partial charge in [0.1, 0.15) is 5.82 Å². The van der Waals surface area contributed by atoms with Crippen LogP contribution in [0.25, 0.3) is 10.9 Å². The lowest BCUT2D eigenvalue weighted by Gasteiger charge is -2.08. The van der Waals surface area contributed by atoms with E-state index in [1.54, 1.807) is 25.3 Å². The number of amides is 1. The number of benzene rings is 1. The smallest absolute Gasteiger partial charge is 0.253 e.